The van der Waals surface area contributed by atoms with Crippen LogP contribution in [0.2, 0.25) is 0 Å². The van der Waals surface area contributed by atoms with Gasteiger partial charge in [0.05, 0.1) is 6.20 Å². The number of nitrogens with zero attached hydrogens (tertiary/aromatic N) is 4. The average molecular weight is 322 g/mol. The van der Waals surface area contributed by atoms with Gasteiger partial charge in [0.2, 0.25) is 5.88 Å². The van der Waals surface area contributed by atoms with Gasteiger partial charge in [-0.15, -0.1) is 0 Å². The summed E-state index contributed by atoms with van der Waals surface area (Å²) >= 11 is 0. The van der Waals surface area contributed by atoms with E-state index in [1.54, 1.807) is 18.6 Å². The molecule has 1 aliphatic rings. The molecule has 3 heterocycles. The fourth-order valence-electron chi connectivity index (χ4n) is 2.98. The quantitative estimate of drug-likeness (QED) is 0.738. The van der Waals surface area contributed by atoms with Crippen molar-refractivity contribution < 1.29 is 9.13 Å². The first kappa shape index (κ1) is 14.7. The third-order valence-electron chi connectivity index (χ3n) is 4.05. The summed E-state index contributed by atoms with van der Waals surface area (Å²) in [5, 5.41) is 0. The zero-order chi connectivity index (χ0) is 16.4. The molecule has 3 aromatic heterocycles. The molecule has 0 N–H and O–H groups in total. The zero-order valence-electron chi connectivity index (χ0n) is 12.9. The fourth-order valence-corrected chi connectivity index (χ4v) is 2.98. The first-order valence-corrected chi connectivity index (χ1v) is 7.80. The molecular formula is C18H15FN4O. The summed E-state index contributed by atoms with van der Waals surface area (Å²) in [5.41, 5.74) is 4.98. The number of fused-ring (bicyclic) bond motifs is 1. The van der Waals surface area contributed by atoms with Crippen molar-refractivity contribution in [1.82, 2.24) is 19.9 Å². The maximum atomic E-state index is 13.2. The molecule has 0 saturated heterocycles. The van der Waals surface area contributed by atoms with Crippen LogP contribution >= 0.6 is 0 Å². The van der Waals surface area contributed by atoms with Crippen molar-refractivity contribution in [2.45, 2.75) is 25.9 Å². The van der Waals surface area contributed by atoms with Gasteiger partial charge in [-0.25, -0.2) is 19.3 Å². The Kier molecular flexibility index (Phi) is 3.86. The Balaban J connectivity index is 1.65. The van der Waals surface area contributed by atoms with Gasteiger partial charge in [-0.3, -0.25) is 4.98 Å². The molecule has 5 nitrogen and oxygen atoms in total. The van der Waals surface area contributed by atoms with Crippen LogP contribution in [0.3, 0.4) is 0 Å². The van der Waals surface area contributed by atoms with Crippen molar-refractivity contribution in [3.05, 3.63) is 65.9 Å². The molecule has 4 rings (SSSR count). The summed E-state index contributed by atoms with van der Waals surface area (Å²) in [6, 6.07) is 3.32. The predicted octanol–water partition coefficient (Wildman–Crippen LogP) is 3.14. The largest absolute Gasteiger partial charge is 0.473 e. The van der Waals surface area contributed by atoms with Crippen LogP contribution in [0.4, 0.5) is 4.39 Å². The molecule has 0 aromatic carbocycles. The Morgan fingerprint density at radius 3 is 2.71 bits per heavy atom. The van der Waals surface area contributed by atoms with Crippen molar-refractivity contribution in [2.75, 3.05) is 0 Å². The molecule has 0 unspecified atom stereocenters. The minimum atomic E-state index is -0.375. The molecule has 24 heavy (non-hydrogen) atoms. The number of hydrogen-bond donors (Lipinski definition) is 0. The standard InChI is InChI=1S/C18H15FN4O/c19-14-4-12(6-20-9-14)10-24-18-5-16(13-7-21-11-22-8-13)15-2-1-3-17(15)23-18/h4-9,11H,1-3,10H2. The van der Waals surface area contributed by atoms with Crippen LogP contribution in [-0.2, 0) is 19.4 Å². The second-order valence-corrected chi connectivity index (χ2v) is 5.71. The predicted molar refractivity (Wildman–Crippen MR) is 85.8 cm³/mol. The highest BCUT2D eigenvalue weighted by molar-refractivity contribution is 5.68. The van der Waals surface area contributed by atoms with Crippen molar-refractivity contribution >= 4 is 0 Å². The van der Waals surface area contributed by atoms with E-state index in [4.69, 9.17) is 4.74 Å². The molecule has 120 valence electrons. The van der Waals surface area contributed by atoms with E-state index >= 15 is 0 Å². The normalized spacial score (nSPS) is 12.9. The van der Waals surface area contributed by atoms with Crippen LogP contribution in [0.1, 0.15) is 23.2 Å². The number of hydrogen-bond acceptors (Lipinski definition) is 5. The molecule has 0 aliphatic heterocycles. The smallest absolute Gasteiger partial charge is 0.214 e. The monoisotopic (exact) mass is 322 g/mol. The molecule has 0 saturated carbocycles. The lowest BCUT2D eigenvalue weighted by Gasteiger charge is -2.12. The van der Waals surface area contributed by atoms with Crippen molar-refractivity contribution in [1.29, 1.82) is 0 Å². The Morgan fingerprint density at radius 2 is 1.88 bits per heavy atom. The lowest BCUT2D eigenvalue weighted by atomic mass is 10.0. The highest BCUT2D eigenvalue weighted by atomic mass is 19.1. The van der Waals surface area contributed by atoms with E-state index in [1.165, 1.54) is 24.2 Å². The van der Waals surface area contributed by atoms with Crippen LogP contribution in [-0.4, -0.2) is 19.9 Å². The molecule has 0 spiro atoms. The lowest BCUT2D eigenvalue weighted by Crippen LogP contribution is -2.02. The molecular weight excluding hydrogens is 307 g/mol. The molecule has 6 heteroatoms. The van der Waals surface area contributed by atoms with Gasteiger partial charge in [0.25, 0.3) is 0 Å². The van der Waals surface area contributed by atoms with E-state index in [2.05, 4.69) is 19.9 Å². The van der Waals surface area contributed by atoms with Crippen LogP contribution in [0.15, 0.2) is 43.2 Å². The van der Waals surface area contributed by atoms with Gasteiger partial charge < -0.3 is 4.74 Å². The van der Waals surface area contributed by atoms with Crippen LogP contribution < -0.4 is 4.74 Å². The highest BCUT2D eigenvalue weighted by Crippen LogP contribution is 2.33. The second kappa shape index (κ2) is 6.31. The number of aromatic nitrogens is 4. The maximum Gasteiger partial charge on any atom is 0.214 e. The number of ether oxygens (including phenoxy) is 1. The molecule has 0 bridgehead atoms. The highest BCUT2D eigenvalue weighted by Gasteiger charge is 2.19. The van der Waals surface area contributed by atoms with Crippen molar-refractivity contribution in [3.8, 4) is 17.0 Å². The van der Waals surface area contributed by atoms with Crippen LogP contribution in [0.25, 0.3) is 11.1 Å². The van der Waals surface area contributed by atoms with Crippen LogP contribution in [0, 0.1) is 5.82 Å². The summed E-state index contributed by atoms with van der Waals surface area (Å²) in [4.78, 5) is 16.6. The van der Waals surface area contributed by atoms with E-state index in [1.807, 2.05) is 6.07 Å². The molecule has 0 fully saturated rings. The van der Waals surface area contributed by atoms with E-state index in [9.17, 15) is 4.39 Å². The Hall–Kier alpha value is -2.89. The van der Waals surface area contributed by atoms with Gasteiger partial charge >= 0.3 is 0 Å². The third-order valence-corrected chi connectivity index (χ3v) is 4.05. The first-order valence-electron chi connectivity index (χ1n) is 7.80. The molecule has 0 atom stereocenters. The minimum Gasteiger partial charge on any atom is -0.473 e. The summed E-state index contributed by atoms with van der Waals surface area (Å²) in [7, 11) is 0. The maximum absolute atomic E-state index is 13.2. The molecule has 0 amide bonds. The third kappa shape index (κ3) is 2.95. The first-order chi connectivity index (χ1) is 11.8. The van der Waals surface area contributed by atoms with Crippen molar-refractivity contribution in [3.63, 3.8) is 0 Å². The van der Waals surface area contributed by atoms with Crippen LogP contribution in [0.5, 0.6) is 5.88 Å². The number of aryl methyl sites for hydroxylation is 1. The number of rotatable bonds is 4. The summed E-state index contributed by atoms with van der Waals surface area (Å²) < 4.78 is 19.0. The topological polar surface area (TPSA) is 60.8 Å². The number of pyridine rings is 2. The van der Waals surface area contributed by atoms with Gasteiger partial charge in [0, 0.05) is 41.5 Å². The van der Waals surface area contributed by atoms with Gasteiger partial charge in [-0.05, 0) is 36.5 Å². The SMILES string of the molecule is Fc1cncc(COc2cc(-c3cncnc3)c3c(n2)CCC3)c1. The van der Waals surface area contributed by atoms with E-state index in [0.717, 1.165) is 36.1 Å². The molecule has 3 aromatic rings. The molecule has 0 radical (unpaired) electrons. The summed E-state index contributed by atoms with van der Waals surface area (Å²) in [6.45, 7) is 0.223. The van der Waals surface area contributed by atoms with Gasteiger partial charge in [-0.1, -0.05) is 0 Å². The second-order valence-electron chi connectivity index (χ2n) is 5.71. The van der Waals surface area contributed by atoms with E-state index < -0.39 is 0 Å². The van der Waals surface area contributed by atoms with Gasteiger partial charge in [0.1, 0.15) is 18.8 Å². The summed E-state index contributed by atoms with van der Waals surface area (Å²) in [6.07, 6.45) is 10.9. The Bertz CT molecular complexity index is 870. The molecule has 1 aliphatic carbocycles. The minimum absolute atomic E-state index is 0.223. The zero-order valence-corrected chi connectivity index (χ0v) is 12.9. The fraction of sp³-hybridized carbons (Fsp3) is 0.222. The lowest BCUT2D eigenvalue weighted by molar-refractivity contribution is 0.292. The van der Waals surface area contributed by atoms with Gasteiger partial charge in [0.15, 0.2) is 0 Å². The number of halogens is 1. The average Bonchev–Trinajstić information content (AvgIpc) is 3.08. The Labute approximate surface area is 138 Å². The van der Waals surface area contributed by atoms with E-state index in [-0.39, 0.29) is 12.4 Å². The Morgan fingerprint density at radius 1 is 1.00 bits per heavy atom. The summed E-state index contributed by atoms with van der Waals surface area (Å²) in [5.74, 6) is 0.152. The van der Waals surface area contributed by atoms with Gasteiger partial charge in [-0.2, -0.15) is 0 Å². The van der Waals surface area contributed by atoms with E-state index in [0.29, 0.717) is 11.4 Å². The van der Waals surface area contributed by atoms with Crippen molar-refractivity contribution in [2.24, 2.45) is 0 Å².